The summed E-state index contributed by atoms with van der Waals surface area (Å²) in [6.45, 7) is 1.07. The van der Waals surface area contributed by atoms with Crippen LogP contribution >= 0.6 is 11.3 Å². The van der Waals surface area contributed by atoms with Crippen LogP contribution in [0.5, 0.6) is 0 Å². The fourth-order valence-corrected chi connectivity index (χ4v) is 3.41. The highest BCUT2D eigenvalue weighted by molar-refractivity contribution is 7.12. The number of nitrogens with one attached hydrogen (secondary N) is 1. The molecule has 0 radical (unpaired) electrons. The molecule has 0 aliphatic carbocycles. The summed E-state index contributed by atoms with van der Waals surface area (Å²) < 4.78 is 5.42. The first kappa shape index (κ1) is 16.7. The number of carbonyl (C=O) groups is 2. The van der Waals surface area contributed by atoms with E-state index >= 15 is 0 Å². The molecule has 1 aromatic heterocycles. The van der Waals surface area contributed by atoms with Gasteiger partial charge in [-0.3, -0.25) is 9.59 Å². The smallest absolute Gasteiger partial charge is 0.263 e. The summed E-state index contributed by atoms with van der Waals surface area (Å²) in [5.74, 6) is -0.141. The van der Waals surface area contributed by atoms with Crippen LogP contribution in [0.25, 0.3) is 0 Å². The van der Waals surface area contributed by atoms with Gasteiger partial charge in [0.1, 0.15) is 6.10 Å². The molecule has 1 saturated heterocycles. The zero-order valence-electron chi connectivity index (χ0n) is 13.5. The number of para-hydroxylation sites is 1. The van der Waals surface area contributed by atoms with E-state index in [1.54, 1.807) is 11.9 Å². The molecule has 6 heteroatoms. The Morgan fingerprint density at radius 1 is 1.29 bits per heavy atom. The molecule has 1 fully saturated rings. The molecule has 2 amide bonds. The van der Waals surface area contributed by atoms with Crippen LogP contribution in [0.4, 0.5) is 5.69 Å². The Morgan fingerprint density at radius 2 is 2.12 bits per heavy atom. The van der Waals surface area contributed by atoms with Gasteiger partial charge in [0.05, 0.1) is 4.88 Å². The lowest BCUT2D eigenvalue weighted by atomic mass is 10.1. The summed E-state index contributed by atoms with van der Waals surface area (Å²) in [6, 6.07) is 11.2. The van der Waals surface area contributed by atoms with Crippen molar-refractivity contribution >= 4 is 28.8 Å². The van der Waals surface area contributed by atoms with Crippen LogP contribution in [0.2, 0.25) is 0 Å². The molecule has 2 heterocycles. The van der Waals surface area contributed by atoms with E-state index in [-0.39, 0.29) is 17.9 Å². The predicted molar refractivity (Wildman–Crippen MR) is 94.2 cm³/mol. The molecule has 1 atom stereocenters. The van der Waals surface area contributed by atoms with E-state index in [1.807, 2.05) is 41.8 Å². The predicted octanol–water partition coefficient (Wildman–Crippen LogP) is 3.14. The van der Waals surface area contributed by atoms with Gasteiger partial charge in [-0.25, -0.2) is 0 Å². The summed E-state index contributed by atoms with van der Waals surface area (Å²) in [5.41, 5.74) is 1.63. The minimum atomic E-state index is -0.372. The lowest BCUT2D eigenvalue weighted by Crippen LogP contribution is -2.29. The lowest BCUT2D eigenvalue weighted by Gasteiger charge is -2.19. The van der Waals surface area contributed by atoms with Gasteiger partial charge < -0.3 is 15.0 Å². The Morgan fingerprint density at radius 3 is 2.83 bits per heavy atom. The van der Waals surface area contributed by atoms with Gasteiger partial charge >= 0.3 is 0 Å². The Kier molecular flexibility index (Phi) is 5.27. The second-order valence-corrected chi connectivity index (χ2v) is 6.73. The second-order valence-electron chi connectivity index (χ2n) is 5.79. The standard InChI is InChI=1S/C18H20N2O3S/c1-20(18(22)16-9-5-11-24-16)12-13-6-2-3-7-14(13)19-17(21)15-8-4-10-23-15/h2-3,5-7,9,11,15H,4,8,10,12H2,1H3,(H,19,21)/t15-/m0/s1. The second kappa shape index (κ2) is 7.59. The maximum Gasteiger partial charge on any atom is 0.263 e. The van der Waals surface area contributed by atoms with Crippen LogP contribution in [0.1, 0.15) is 28.1 Å². The number of thiophene rings is 1. The van der Waals surface area contributed by atoms with Crippen molar-refractivity contribution in [2.24, 2.45) is 0 Å². The van der Waals surface area contributed by atoms with Gasteiger partial charge in [0.2, 0.25) is 0 Å². The van der Waals surface area contributed by atoms with E-state index in [0.717, 1.165) is 24.1 Å². The normalized spacial score (nSPS) is 16.8. The first-order valence-corrected chi connectivity index (χ1v) is 8.82. The monoisotopic (exact) mass is 344 g/mol. The first-order chi connectivity index (χ1) is 11.6. The summed E-state index contributed by atoms with van der Waals surface area (Å²) >= 11 is 1.42. The molecule has 1 N–H and O–H groups in total. The zero-order valence-corrected chi connectivity index (χ0v) is 14.3. The topological polar surface area (TPSA) is 58.6 Å². The third-order valence-corrected chi connectivity index (χ3v) is 4.84. The molecule has 1 aromatic carbocycles. The highest BCUT2D eigenvalue weighted by atomic mass is 32.1. The van der Waals surface area contributed by atoms with Gasteiger partial charge in [-0.15, -0.1) is 11.3 Å². The van der Waals surface area contributed by atoms with Gasteiger partial charge in [0.15, 0.2) is 0 Å². The number of hydrogen-bond acceptors (Lipinski definition) is 4. The van der Waals surface area contributed by atoms with E-state index in [9.17, 15) is 9.59 Å². The molecule has 0 bridgehead atoms. The first-order valence-electron chi connectivity index (χ1n) is 7.94. The lowest BCUT2D eigenvalue weighted by molar-refractivity contribution is -0.124. The molecule has 5 nitrogen and oxygen atoms in total. The third-order valence-electron chi connectivity index (χ3n) is 3.98. The van der Waals surface area contributed by atoms with Crippen molar-refractivity contribution in [2.75, 3.05) is 19.0 Å². The number of carbonyl (C=O) groups excluding carboxylic acids is 2. The van der Waals surface area contributed by atoms with Crippen molar-refractivity contribution in [1.29, 1.82) is 0 Å². The number of hydrogen-bond donors (Lipinski definition) is 1. The highest BCUT2D eigenvalue weighted by Crippen LogP contribution is 2.21. The summed E-state index contributed by atoms with van der Waals surface area (Å²) in [7, 11) is 1.76. The van der Waals surface area contributed by atoms with Crippen molar-refractivity contribution in [2.45, 2.75) is 25.5 Å². The number of amides is 2. The van der Waals surface area contributed by atoms with Crippen molar-refractivity contribution in [3.05, 3.63) is 52.2 Å². The molecular weight excluding hydrogens is 324 g/mol. The van der Waals surface area contributed by atoms with Crippen LogP contribution in [0.15, 0.2) is 41.8 Å². The number of rotatable bonds is 5. The quantitative estimate of drug-likeness (QED) is 0.906. The van der Waals surface area contributed by atoms with Crippen molar-refractivity contribution in [1.82, 2.24) is 4.90 Å². The average Bonchev–Trinajstić information content (AvgIpc) is 3.29. The molecule has 24 heavy (non-hydrogen) atoms. The third kappa shape index (κ3) is 3.83. The minimum Gasteiger partial charge on any atom is -0.368 e. The summed E-state index contributed by atoms with van der Waals surface area (Å²) in [4.78, 5) is 27.0. The van der Waals surface area contributed by atoms with Crippen LogP contribution in [-0.2, 0) is 16.1 Å². The Bertz CT molecular complexity index is 709. The number of ether oxygens (including phenoxy) is 1. The van der Waals surface area contributed by atoms with E-state index in [0.29, 0.717) is 18.0 Å². The number of anilines is 1. The molecular formula is C18H20N2O3S. The molecule has 126 valence electrons. The fourth-order valence-electron chi connectivity index (χ4n) is 2.69. The minimum absolute atomic E-state index is 0.0229. The van der Waals surface area contributed by atoms with E-state index in [2.05, 4.69) is 5.32 Å². The highest BCUT2D eigenvalue weighted by Gasteiger charge is 2.24. The van der Waals surface area contributed by atoms with Crippen LogP contribution in [-0.4, -0.2) is 36.5 Å². The molecule has 0 saturated carbocycles. The maximum atomic E-state index is 12.4. The van der Waals surface area contributed by atoms with Crippen LogP contribution in [0, 0.1) is 0 Å². The van der Waals surface area contributed by atoms with Gasteiger partial charge in [0, 0.05) is 25.9 Å². The zero-order chi connectivity index (χ0) is 16.9. The van der Waals surface area contributed by atoms with Crippen LogP contribution in [0.3, 0.4) is 0 Å². The Hall–Kier alpha value is -2.18. The van der Waals surface area contributed by atoms with Gasteiger partial charge in [-0.05, 0) is 35.9 Å². The molecule has 1 aliphatic rings. The van der Waals surface area contributed by atoms with Gasteiger partial charge in [0.25, 0.3) is 11.8 Å². The van der Waals surface area contributed by atoms with Crippen LogP contribution < -0.4 is 5.32 Å². The van der Waals surface area contributed by atoms with Crippen molar-refractivity contribution in [3.8, 4) is 0 Å². The summed E-state index contributed by atoms with van der Waals surface area (Å²) in [6.07, 6.45) is 1.30. The van der Waals surface area contributed by atoms with Gasteiger partial charge in [-0.1, -0.05) is 24.3 Å². The molecule has 0 unspecified atom stereocenters. The number of benzene rings is 1. The number of nitrogens with zero attached hydrogens (tertiary/aromatic N) is 1. The average molecular weight is 344 g/mol. The Labute approximate surface area is 145 Å². The fraction of sp³-hybridized carbons (Fsp3) is 0.333. The molecule has 0 spiro atoms. The van der Waals surface area contributed by atoms with E-state index in [4.69, 9.17) is 4.74 Å². The Balaban J connectivity index is 1.69. The van der Waals surface area contributed by atoms with E-state index in [1.165, 1.54) is 11.3 Å². The maximum absolute atomic E-state index is 12.4. The summed E-state index contributed by atoms with van der Waals surface area (Å²) in [5, 5.41) is 4.82. The molecule has 1 aliphatic heterocycles. The largest absolute Gasteiger partial charge is 0.368 e. The molecule has 2 aromatic rings. The van der Waals surface area contributed by atoms with E-state index < -0.39 is 0 Å². The SMILES string of the molecule is CN(Cc1ccccc1NC(=O)[C@@H]1CCCO1)C(=O)c1cccs1. The van der Waals surface area contributed by atoms with Gasteiger partial charge in [-0.2, -0.15) is 0 Å². The van der Waals surface area contributed by atoms with Crippen molar-refractivity contribution < 1.29 is 14.3 Å². The van der Waals surface area contributed by atoms with Crippen molar-refractivity contribution in [3.63, 3.8) is 0 Å². The molecule has 3 rings (SSSR count).